The number of hydrogen-bond acceptors (Lipinski definition) is 3. The van der Waals surface area contributed by atoms with Crippen molar-refractivity contribution in [1.29, 1.82) is 0 Å². The van der Waals surface area contributed by atoms with E-state index in [1.54, 1.807) is 0 Å². The van der Waals surface area contributed by atoms with E-state index in [1.807, 2.05) is 11.8 Å². The summed E-state index contributed by atoms with van der Waals surface area (Å²) in [6.07, 6.45) is 10.1. The molecular formula is C18H30N2S. The summed E-state index contributed by atoms with van der Waals surface area (Å²) >= 11 is 1.96. The molecule has 0 spiro atoms. The Labute approximate surface area is 134 Å². The molecule has 0 saturated carbocycles. The Morgan fingerprint density at radius 3 is 2.90 bits per heavy atom. The van der Waals surface area contributed by atoms with Gasteiger partial charge in [-0.3, -0.25) is 0 Å². The maximum atomic E-state index is 3.59. The van der Waals surface area contributed by atoms with Gasteiger partial charge in [0.15, 0.2) is 0 Å². The molecule has 0 aliphatic carbocycles. The van der Waals surface area contributed by atoms with Crippen molar-refractivity contribution in [2.45, 2.75) is 45.1 Å². The number of nitrogens with zero attached hydrogens (tertiary/aromatic N) is 1. The van der Waals surface area contributed by atoms with Gasteiger partial charge in [0.2, 0.25) is 0 Å². The second-order valence-corrected chi connectivity index (χ2v) is 7.06. The van der Waals surface area contributed by atoms with Crippen LogP contribution in [0.15, 0.2) is 18.2 Å². The first-order chi connectivity index (χ1) is 10.3. The molecule has 0 radical (unpaired) electrons. The number of rotatable bonds is 9. The maximum absolute atomic E-state index is 3.59. The fraction of sp³-hybridized carbons (Fsp3) is 0.667. The number of fused-ring (bicyclic) bond motifs is 1. The van der Waals surface area contributed by atoms with Gasteiger partial charge in [0, 0.05) is 25.8 Å². The first-order valence-corrected chi connectivity index (χ1v) is 9.73. The fourth-order valence-corrected chi connectivity index (χ4v) is 3.52. The van der Waals surface area contributed by atoms with E-state index in [9.17, 15) is 0 Å². The van der Waals surface area contributed by atoms with E-state index in [0.717, 1.165) is 13.1 Å². The van der Waals surface area contributed by atoms with Crippen LogP contribution in [0.4, 0.5) is 5.69 Å². The number of aryl methyl sites for hydroxylation is 1. The van der Waals surface area contributed by atoms with Gasteiger partial charge in [0.25, 0.3) is 0 Å². The number of unbranched alkanes of at least 4 members (excludes halogenated alkanes) is 3. The lowest BCUT2D eigenvalue weighted by atomic mass is 9.99. The van der Waals surface area contributed by atoms with Gasteiger partial charge < -0.3 is 10.2 Å². The van der Waals surface area contributed by atoms with Crippen molar-refractivity contribution in [3.8, 4) is 0 Å². The zero-order valence-electron chi connectivity index (χ0n) is 13.7. The molecule has 2 rings (SSSR count). The molecule has 1 heterocycles. The Kier molecular flexibility index (Phi) is 7.45. The van der Waals surface area contributed by atoms with Crippen LogP contribution in [0.25, 0.3) is 0 Å². The molecular weight excluding hydrogens is 276 g/mol. The molecule has 0 aromatic heterocycles. The van der Waals surface area contributed by atoms with E-state index in [2.05, 4.69) is 41.7 Å². The molecule has 0 saturated heterocycles. The third-order valence-corrected chi connectivity index (χ3v) is 4.97. The molecule has 1 aliphatic heterocycles. The molecule has 0 amide bonds. The van der Waals surface area contributed by atoms with Gasteiger partial charge in [0.05, 0.1) is 0 Å². The predicted octanol–water partition coefficient (Wildman–Crippen LogP) is 4.08. The third-order valence-electron chi connectivity index (χ3n) is 4.28. The normalized spacial score (nSPS) is 14.3. The molecule has 1 aromatic rings. The summed E-state index contributed by atoms with van der Waals surface area (Å²) in [5, 5.41) is 3.59. The molecule has 21 heavy (non-hydrogen) atoms. The number of hydrogen-bond donors (Lipinski definition) is 1. The predicted molar refractivity (Wildman–Crippen MR) is 96.6 cm³/mol. The van der Waals surface area contributed by atoms with E-state index >= 15 is 0 Å². The highest BCUT2D eigenvalue weighted by atomic mass is 32.2. The van der Waals surface area contributed by atoms with E-state index in [4.69, 9.17) is 0 Å². The van der Waals surface area contributed by atoms with Crippen molar-refractivity contribution < 1.29 is 0 Å². The van der Waals surface area contributed by atoms with E-state index in [0.29, 0.717) is 0 Å². The van der Waals surface area contributed by atoms with Crippen molar-refractivity contribution in [2.75, 3.05) is 37.0 Å². The van der Waals surface area contributed by atoms with Gasteiger partial charge in [-0.15, -0.1) is 0 Å². The minimum atomic E-state index is 1.02. The van der Waals surface area contributed by atoms with Crippen molar-refractivity contribution in [3.05, 3.63) is 29.3 Å². The van der Waals surface area contributed by atoms with Crippen molar-refractivity contribution >= 4 is 17.4 Å². The van der Waals surface area contributed by atoms with Crippen LogP contribution in [0.3, 0.4) is 0 Å². The number of thioether (sulfide) groups is 1. The van der Waals surface area contributed by atoms with Gasteiger partial charge in [-0.25, -0.2) is 0 Å². The average Bonchev–Trinajstić information content (AvgIpc) is 2.50. The Hall–Kier alpha value is -0.670. The third kappa shape index (κ3) is 5.55. The van der Waals surface area contributed by atoms with E-state index in [1.165, 1.54) is 67.6 Å². The van der Waals surface area contributed by atoms with Crippen LogP contribution in [0, 0.1) is 0 Å². The van der Waals surface area contributed by atoms with Gasteiger partial charge in [-0.2, -0.15) is 11.8 Å². The van der Waals surface area contributed by atoms with Crippen LogP contribution in [0.5, 0.6) is 0 Å². The molecule has 2 nitrogen and oxygen atoms in total. The van der Waals surface area contributed by atoms with Crippen LogP contribution < -0.4 is 10.2 Å². The van der Waals surface area contributed by atoms with Gasteiger partial charge in [-0.1, -0.05) is 25.0 Å². The number of benzene rings is 1. The second-order valence-electron chi connectivity index (χ2n) is 6.07. The average molecular weight is 307 g/mol. The van der Waals surface area contributed by atoms with E-state index in [-0.39, 0.29) is 0 Å². The first-order valence-electron chi connectivity index (χ1n) is 8.34. The second kappa shape index (κ2) is 9.37. The summed E-state index contributed by atoms with van der Waals surface area (Å²) < 4.78 is 0. The lowest BCUT2D eigenvalue weighted by molar-refractivity contribution is 0.599. The quantitative estimate of drug-likeness (QED) is 0.692. The minimum Gasteiger partial charge on any atom is -0.374 e. The molecule has 1 N–H and O–H groups in total. The van der Waals surface area contributed by atoms with Crippen molar-refractivity contribution in [3.63, 3.8) is 0 Å². The van der Waals surface area contributed by atoms with Crippen molar-refractivity contribution in [2.24, 2.45) is 0 Å². The molecule has 118 valence electrons. The monoisotopic (exact) mass is 306 g/mol. The van der Waals surface area contributed by atoms with Crippen LogP contribution in [0.2, 0.25) is 0 Å². The Balaban J connectivity index is 1.65. The van der Waals surface area contributed by atoms with E-state index < -0.39 is 0 Å². The molecule has 0 bridgehead atoms. The largest absolute Gasteiger partial charge is 0.374 e. The lowest BCUT2D eigenvalue weighted by Crippen LogP contribution is -2.25. The zero-order valence-corrected chi connectivity index (χ0v) is 14.5. The standard InChI is InChI=1S/C18H30N2S/c1-20-12-7-8-17-14-16(9-10-18(17)20)15-19-11-5-3-4-6-13-21-2/h9-10,14,19H,3-8,11-13,15H2,1-2H3. The van der Waals surface area contributed by atoms with Crippen LogP contribution in [-0.4, -0.2) is 32.1 Å². The number of nitrogens with one attached hydrogen (secondary N) is 1. The molecule has 0 atom stereocenters. The molecule has 1 aliphatic rings. The maximum Gasteiger partial charge on any atom is 0.0396 e. The highest BCUT2D eigenvalue weighted by Crippen LogP contribution is 2.26. The summed E-state index contributed by atoms with van der Waals surface area (Å²) in [5.41, 5.74) is 4.39. The molecule has 0 unspecified atom stereocenters. The van der Waals surface area contributed by atoms with Crippen LogP contribution in [-0.2, 0) is 13.0 Å². The summed E-state index contributed by atoms with van der Waals surface area (Å²) in [4.78, 5) is 2.38. The topological polar surface area (TPSA) is 15.3 Å². The highest BCUT2D eigenvalue weighted by molar-refractivity contribution is 7.98. The van der Waals surface area contributed by atoms with Crippen LogP contribution >= 0.6 is 11.8 Å². The number of anilines is 1. The summed E-state index contributed by atoms with van der Waals surface area (Å²) in [6, 6.07) is 6.98. The van der Waals surface area contributed by atoms with Gasteiger partial charge >= 0.3 is 0 Å². The van der Waals surface area contributed by atoms with Crippen LogP contribution in [0.1, 0.15) is 43.2 Å². The molecule has 0 fully saturated rings. The molecule has 3 heteroatoms. The molecule has 1 aromatic carbocycles. The smallest absolute Gasteiger partial charge is 0.0396 e. The SMILES string of the molecule is CSCCCCCCNCc1ccc2c(c1)CCCN2C. The minimum absolute atomic E-state index is 1.02. The summed E-state index contributed by atoms with van der Waals surface area (Å²) in [6.45, 7) is 3.36. The zero-order chi connectivity index (χ0) is 14.9. The Morgan fingerprint density at radius 1 is 1.19 bits per heavy atom. The summed E-state index contributed by atoms with van der Waals surface area (Å²) in [5.74, 6) is 1.32. The van der Waals surface area contributed by atoms with Gasteiger partial charge in [-0.05, 0) is 61.4 Å². The Bertz CT molecular complexity index is 420. The van der Waals surface area contributed by atoms with Crippen molar-refractivity contribution in [1.82, 2.24) is 5.32 Å². The fourth-order valence-electron chi connectivity index (χ4n) is 3.03. The van der Waals surface area contributed by atoms with Gasteiger partial charge in [0.1, 0.15) is 0 Å². The Morgan fingerprint density at radius 2 is 2.05 bits per heavy atom. The highest BCUT2D eigenvalue weighted by Gasteiger charge is 2.13. The lowest BCUT2D eigenvalue weighted by Gasteiger charge is -2.27. The summed E-state index contributed by atoms with van der Waals surface area (Å²) in [7, 11) is 2.20. The first kappa shape index (κ1) is 16.7.